The molecule has 0 aliphatic heterocycles. The molecule has 0 amide bonds. The van der Waals surface area contributed by atoms with Crippen molar-refractivity contribution in [1.82, 2.24) is 10.3 Å². The van der Waals surface area contributed by atoms with Gasteiger partial charge in [0.2, 0.25) is 0 Å². The number of aromatic hydroxyl groups is 1. The van der Waals surface area contributed by atoms with Crippen LogP contribution in [0.2, 0.25) is 5.02 Å². The molecule has 1 aliphatic rings. The zero-order chi connectivity index (χ0) is 33.8. The molecule has 1 aromatic heterocycles. The lowest BCUT2D eigenvalue weighted by atomic mass is 9.96. The smallest absolute Gasteiger partial charge is 0.179 e. The second-order valence-electron chi connectivity index (χ2n) is 11.8. The van der Waals surface area contributed by atoms with Crippen LogP contribution in [0, 0.1) is 24.1 Å². The number of phenols is 1. The van der Waals surface area contributed by atoms with Gasteiger partial charge in [0, 0.05) is 47.3 Å². The number of aromatic nitrogens is 1. The van der Waals surface area contributed by atoms with Gasteiger partial charge in [-0.3, -0.25) is 9.78 Å². The van der Waals surface area contributed by atoms with E-state index in [-0.39, 0.29) is 36.6 Å². The molecule has 0 bridgehead atoms. The minimum atomic E-state index is -0.549. The van der Waals surface area contributed by atoms with Gasteiger partial charge < -0.3 is 19.9 Å². The van der Waals surface area contributed by atoms with Gasteiger partial charge >= 0.3 is 0 Å². The molecule has 7 nitrogen and oxygen atoms in total. The van der Waals surface area contributed by atoms with Crippen molar-refractivity contribution < 1.29 is 23.8 Å². The fourth-order valence-electron chi connectivity index (χ4n) is 5.97. The molecule has 2 atom stereocenters. The van der Waals surface area contributed by atoms with Crippen molar-refractivity contribution >= 4 is 17.4 Å². The molecule has 0 saturated carbocycles. The first kappa shape index (κ1) is 32.7. The molecule has 6 rings (SSSR count). The molecule has 1 unspecified atom stereocenters. The number of rotatable bonds is 11. The first-order chi connectivity index (χ1) is 23.2. The number of benzene rings is 4. The van der Waals surface area contributed by atoms with Crippen molar-refractivity contribution in [3.05, 3.63) is 141 Å². The van der Waals surface area contributed by atoms with Crippen LogP contribution in [0.25, 0.3) is 11.1 Å². The SMILES string of the molecule is Cc1cc(C(=O)C(C)NCc2cc(Cl)c(O[C@H]3CCc4c(-c5ccccc5F)cccc43)cc2OCc2cncc(C#N)c2)ccc1O. The molecule has 48 heavy (non-hydrogen) atoms. The molecule has 0 radical (unpaired) electrons. The summed E-state index contributed by atoms with van der Waals surface area (Å²) in [7, 11) is 0. The van der Waals surface area contributed by atoms with Gasteiger partial charge in [0.05, 0.1) is 16.6 Å². The summed E-state index contributed by atoms with van der Waals surface area (Å²) in [5.74, 6) is 0.655. The number of nitrogens with one attached hydrogen (secondary N) is 1. The highest BCUT2D eigenvalue weighted by Crippen LogP contribution is 2.43. The Morgan fingerprint density at radius 2 is 1.90 bits per heavy atom. The number of ketones is 1. The van der Waals surface area contributed by atoms with E-state index in [0.717, 1.165) is 23.1 Å². The van der Waals surface area contributed by atoms with E-state index < -0.39 is 6.04 Å². The highest BCUT2D eigenvalue weighted by Gasteiger charge is 2.28. The predicted molar refractivity (Wildman–Crippen MR) is 182 cm³/mol. The van der Waals surface area contributed by atoms with Crippen LogP contribution in [-0.2, 0) is 19.6 Å². The summed E-state index contributed by atoms with van der Waals surface area (Å²) in [4.78, 5) is 17.3. The van der Waals surface area contributed by atoms with Gasteiger partial charge in [-0.15, -0.1) is 0 Å². The minimum Gasteiger partial charge on any atom is -0.508 e. The van der Waals surface area contributed by atoms with Crippen LogP contribution in [0.5, 0.6) is 17.2 Å². The Hall–Kier alpha value is -5.23. The van der Waals surface area contributed by atoms with Crippen LogP contribution >= 0.6 is 11.6 Å². The number of carbonyl (C=O) groups is 1. The summed E-state index contributed by atoms with van der Waals surface area (Å²) in [6.45, 7) is 3.91. The Labute approximate surface area is 283 Å². The van der Waals surface area contributed by atoms with Crippen molar-refractivity contribution in [3.63, 3.8) is 0 Å². The molecule has 1 heterocycles. The van der Waals surface area contributed by atoms with Gasteiger partial charge in [-0.2, -0.15) is 5.26 Å². The number of pyridine rings is 1. The Balaban J connectivity index is 1.26. The quantitative estimate of drug-likeness (QED) is 0.137. The number of phenolic OH excluding ortho intramolecular Hbond substituents is 1. The highest BCUT2D eigenvalue weighted by molar-refractivity contribution is 6.32. The fourth-order valence-corrected chi connectivity index (χ4v) is 6.20. The zero-order valence-electron chi connectivity index (χ0n) is 26.5. The lowest BCUT2D eigenvalue weighted by Crippen LogP contribution is -2.33. The van der Waals surface area contributed by atoms with E-state index >= 15 is 0 Å². The molecule has 0 fully saturated rings. The van der Waals surface area contributed by atoms with Crippen molar-refractivity contribution in [2.24, 2.45) is 0 Å². The second kappa shape index (κ2) is 14.3. The third kappa shape index (κ3) is 7.03. The van der Waals surface area contributed by atoms with Gasteiger partial charge in [0.15, 0.2) is 5.78 Å². The first-order valence-corrected chi connectivity index (χ1v) is 16.0. The van der Waals surface area contributed by atoms with Crippen LogP contribution in [0.3, 0.4) is 0 Å². The summed E-state index contributed by atoms with van der Waals surface area (Å²) in [6.07, 6.45) is 4.23. The van der Waals surface area contributed by atoms with E-state index in [1.165, 1.54) is 18.3 Å². The molecule has 4 aromatic carbocycles. The average Bonchev–Trinajstić information content (AvgIpc) is 3.51. The molecule has 5 aromatic rings. The zero-order valence-corrected chi connectivity index (χ0v) is 27.2. The third-order valence-corrected chi connectivity index (χ3v) is 8.85. The van der Waals surface area contributed by atoms with Gasteiger partial charge in [-0.05, 0) is 85.3 Å². The number of nitrogens with zero attached hydrogens (tertiary/aromatic N) is 2. The Kier molecular flexibility index (Phi) is 9.72. The number of hydrogen-bond donors (Lipinski definition) is 2. The first-order valence-electron chi connectivity index (χ1n) is 15.6. The lowest BCUT2D eigenvalue weighted by molar-refractivity contribution is 0.0950. The number of carbonyl (C=O) groups excluding carboxylic acids is 1. The molecule has 0 saturated heterocycles. The number of aryl methyl sites for hydroxylation is 1. The van der Waals surface area contributed by atoms with Crippen molar-refractivity contribution in [1.29, 1.82) is 5.26 Å². The molecule has 242 valence electrons. The van der Waals surface area contributed by atoms with Crippen LogP contribution in [0.1, 0.15) is 63.2 Å². The summed E-state index contributed by atoms with van der Waals surface area (Å²) in [6, 6.07) is 24.2. The van der Waals surface area contributed by atoms with Crippen molar-refractivity contribution in [2.45, 2.75) is 52.0 Å². The van der Waals surface area contributed by atoms with Gasteiger partial charge in [0.1, 0.15) is 41.8 Å². The number of fused-ring (bicyclic) bond motifs is 1. The van der Waals surface area contributed by atoms with Gasteiger partial charge in [0.25, 0.3) is 0 Å². The maximum absolute atomic E-state index is 14.7. The van der Waals surface area contributed by atoms with Crippen molar-refractivity contribution in [3.8, 4) is 34.4 Å². The lowest BCUT2D eigenvalue weighted by Gasteiger charge is -2.20. The molecular formula is C39H33ClFN3O4. The molecule has 2 N–H and O–H groups in total. The second-order valence-corrected chi connectivity index (χ2v) is 12.2. The monoisotopic (exact) mass is 661 g/mol. The van der Waals surface area contributed by atoms with E-state index in [4.69, 9.17) is 21.1 Å². The number of Topliss-reactive ketones (excluding diaryl/α,β-unsaturated/α-hetero) is 1. The average molecular weight is 662 g/mol. The van der Waals surface area contributed by atoms with Crippen molar-refractivity contribution in [2.75, 3.05) is 0 Å². The van der Waals surface area contributed by atoms with Crippen LogP contribution in [-0.4, -0.2) is 21.9 Å². The number of hydrogen-bond acceptors (Lipinski definition) is 7. The molecule has 0 spiro atoms. The van der Waals surface area contributed by atoms with Crippen LogP contribution < -0.4 is 14.8 Å². The summed E-state index contributed by atoms with van der Waals surface area (Å²) < 4.78 is 27.5. The Morgan fingerprint density at radius 3 is 2.69 bits per heavy atom. The minimum absolute atomic E-state index is 0.124. The molecule has 9 heteroatoms. The highest BCUT2D eigenvalue weighted by atomic mass is 35.5. The third-order valence-electron chi connectivity index (χ3n) is 8.56. The maximum Gasteiger partial charge on any atom is 0.179 e. The largest absolute Gasteiger partial charge is 0.508 e. The predicted octanol–water partition coefficient (Wildman–Crippen LogP) is 8.43. The van der Waals surface area contributed by atoms with Gasteiger partial charge in [-0.1, -0.05) is 48.0 Å². The van der Waals surface area contributed by atoms with Gasteiger partial charge in [-0.25, -0.2) is 4.39 Å². The normalized spacial score (nSPS) is 14.2. The number of halogens is 2. The summed E-state index contributed by atoms with van der Waals surface area (Å²) >= 11 is 6.82. The standard InChI is InChI=1S/C39H33ClFN3O4/c1-23-14-27(10-12-35(23)45)39(46)24(2)44-21-28-16-33(40)38(17-37(28)47-22-26-15-25(18-42)19-43-20-26)48-36-13-11-30-29(7-5-8-32(30)36)31-6-3-4-9-34(31)41/h3-10,12,14-17,19-20,24,36,44-45H,11,13,21-22H2,1-2H3/t24?,36-/m0/s1. The summed E-state index contributed by atoms with van der Waals surface area (Å²) in [5.41, 5.74) is 6.39. The van der Waals surface area contributed by atoms with E-state index in [2.05, 4.69) is 16.4 Å². The summed E-state index contributed by atoms with van der Waals surface area (Å²) in [5, 5.41) is 22.8. The fraction of sp³-hybridized carbons (Fsp3) is 0.205. The maximum atomic E-state index is 14.7. The molecule has 1 aliphatic carbocycles. The van der Waals surface area contributed by atoms with E-state index in [9.17, 15) is 19.6 Å². The Morgan fingerprint density at radius 1 is 1.08 bits per heavy atom. The number of ether oxygens (including phenoxy) is 2. The van der Waals surface area contributed by atoms with E-state index in [1.54, 1.807) is 62.5 Å². The number of nitriles is 1. The Bertz CT molecular complexity index is 2040. The van der Waals surface area contributed by atoms with Crippen LogP contribution in [0.15, 0.2) is 91.3 Å². The van der Waals surface area contributed by atoms with E-state index in [1.807, 2.05) is 24.3 Å². The molecular weight excluding hydrogens is 629 g/mol. The van der Waals surface area contributed by atoms with Crippen LogP contribution in [0.4, 0.5) is 4.39 Å². The van der Waals surface area contributed by atoms with E-state index in [0.29, 0.717) is 56.3 Å². The topological polar surface area (TPSA) is 104 Å².